The number of benzene rings is 1. The maximum absolute atomic E-state index is 12.2. The fourth-order valence-electron chi connectivity index (χ4n) is 1.99. The van der Waals surface area contributed by atoms with Crippen LogP contribution in [0.1, 0.15) is 36.3 Å². The Morgan fingerprint density at radius 3 is 2.89 bits per heavy atom. The van der Waals surface area contributed by atoms with Gasteiger partial charge in [-0.05, 0) is 38.5 Å². The minimum atomic E-state index is -0.0460. The van der Waals surface area contributed by atoms with Gasteiger partial charge in [0, 0.05) is 27.7 Å². The first-order valence-corrected chi connectivity index (χ1v) is 6.49. The Kier molecular flexibility index (Phi) is 3.62. The van der Waals surface area contributed by atoms with E-state index in [0.717, 1.165) is 23.0 Å². The standard InChI is InChI=1S/C14H17ClN2O/c1-4-8(2)16-14(18)13-9(3)17-12-6-5-10(15)7-11(12)13/h5-8,17H,4H2,1-3H3,(H,16,18). The van der Waals surface area contributed by atoms with E-state index in [0.29, 0.717) is 10.6 Å². The Morgan fingerprint density at radius 1 is 1.50 bits per heavy atom. The number of rotatable bonds is 3. The lowest BCUT2D eigenvalue weighted by Gasteiger charge is -2.11. The van der Waals surface area contributed by atoms with Crippen molar-refractivity contribution in [3.8, 4) is 0 Å². The summed E-state index contributed by atoms with van der Waals surface area (Å²) in [5.41, 5.74) is 2.49. The van der Waals surface area contributed by atoms with E-state index in [9.17, 15) is 4.79 Å². The molecule has 2 aromatic rings. The van der Waals surface area contributed by atoms with Gasteiger partial charge in [-0.2, -0.15) is 0 Å². The first-order valence-electron chi connectivity index (χ1n) is 6.11. The van der Waals surface area contributed by atoms with Crippen molar-refractivity contribution in [1.29, 1.82) is 0 Å². The van der Waals surface area contributed by atoms with Crippen molar-refractivity contribution in [3.63, 3.8) is 0 Å². The van der Waals surface area contributed by atoms with Gasteiger partial charge in [-0.3, -0.25) is 4.79 Å². The molecule has 0 aliphatic rings. The molecule has 0 saturated heterocycles. The Labute approximate surface area is 112 Å². The second kappa shape index (κ2) is 5.02. The maximum Gasteiger partial charge on any atom is 0.253 e. The molecule has 1 heterocycles. The van der Waals surface area contributed by atoms with Crippen LogP contribution < -0.4 is 5.32 Å². The zero-order valence-electron chi connectivity index (χ0n) is 10.8. The molecular formula is C14H17ClN2O. The van der Waals surface area contributed by atoms with Gasteiger partial charge >= 0.3 is 0 Å². The fourth-order valence-corrected chi connectivity index (χ4v) is 2.16. The summed E-state index contributed by atoms with van der Waals surface area (Å²) in [6.07, 6.45) is 0.911. The Balaban J connectivity index is 2.46. The summed E-state index contributed by atoms with van der Waals surface area (Å²) >= 11 is 5.99. The lowest BCUT2D eigenvalue weighted by Crippen LogP contribution is -2.32. The van der Waals surface area contributed by atoms with Crippen molar-refractivity contribution in [1.82, 2.24) is 10.3 Å². The number of hydrogen-bond donors (Lipinski definition) is 2. The molecule has 1 amide bonds. The highest BCUT2D eigenvalue weighted by Crippen LogP contribution is 2.25. The first kappa shape index (κ1) is 13.0. The van der Waals surface area contributed by atoms with Gasteiger partial charge in [-0.1, -0.05) is 18.5 Å². The summed E-state index contributed by atoms with van der Waals surface area (Å²) in [6, 6.07) is 5.70. The number of fused-ring (bicyclic) bond motifs is 1. The van der Waals surface area contributed by atoms with Crippen molar-refractivity contribution in [2.24, 2.45) is 0 Å². The number of nitrogens with one attached hydrogen (secondary N) is 2. The summed E-state index contributed by atoms with van der Waals surface area (Å²) in [6.45, 7) is 5.94. The molecule has 0 bridgehead atoms. The molecule has 1 aromatic carbocycles. The number of carbonyl (C=O) groups is 1. The van der Waals surface area contributed by atoms with Crippen LogP contribution in [0.25, 0.3) is 10.9 Å². The number of H-pyrrole nitrogens is 1. The molecule has 0 aliphatic heterocycles. The molecule has 1 unspecified atom stereocenters. The van der Waals surface area contributed by atoms with Crippen LogP contribution in [0.15, 0.2) is 18.2 Å². The quantitative estimate of drug-likeness (QED) is 0.873. The molecule has 1 aromatic heterocycles. The summed E-state index contributed by atoms with van der Waals surface area (Å²) in [5, 5.41) is 4.50. The van der Waals surface area contributed by atoms with Crippen molar-refractivity contribution in [2.75, 3.05) is 0 Å². The predicted molar refractivity (Wildman–Crippen MR) is 75.3 cm³/mol. The molecule has 3 nitrogen and oxygen atoms in total. The lowest BCUT2D eigenvalue weighted by molar-refractivity contribution is 0.0940. The van der Waals surface area contributed by atoms with Gasteiger partial charge in [0.1, 0.15) is 0 Å². The number of carbonyl (C=O) groups excluding carboxylic acids is 1. The second-order valence-electron chi connectivity index (χ2n) is 4.60. The largest absolute Gasteiger partial charge is 0.358 e. The molecule has 2 N–H and O–H groups in total. The van der Waals surface area contributed by atoms with Crippen LogP contribution >= 0.6 is 11.6 Å². The SMILES string of the molecule is CCC(C)NC(=O)c1c(C)[nH]c2ccc(Cl)cc12. The lowest BCUT2D eigenvalue weighted by atomic mass is 10.1. The average molecular weight is 265 g/mol. The molecule has 0 aliphatic carbocycles. The number of halogens is 1. The maximum atomic E-state index is 12.2. The smallest absolute Gasteiger partial charge is 0.253 e. The average Bonchev–Trinajstić information content (AvgIpc) is 2.64. The minimum absolute atomic E-state index is 0.0460. The molecule has 4 heteroatoms. The molecule has 0 saturated carbocycles. The highest BCUT2D eigenvalue weighted by atomic mass is 35.5. The summed E-state index contributed by atoms with van der Waals surface area (Å²) in [5.74, 6) is -0.0460. The highest BCUT2D eigenvalue weighted by molar-refractivity contribution is 6.31. The third-order valence-electron chi connectivity index (χ3n) is 3.17. The van der Waals surface area contributed by atoms with Gasteiger partial charge in [-0.15, -0.1) is 0 Å². The van der Waals surface area contributed by atoms with Crippen LogP contribution in [0.3, 0.4) is 0 Å². The van der Waals surface area contributed by atoms with Gasteiger partial charge in [0.25, 0.3) is 5.91 Å². The van der Waals surface area contributed by atoms with Gasteiger partial charge < -0.3 is 10.3 Å². The van der Waals surface area contributed by atoms with Gasteiger partial charge in [0.2, 0.25) is 0 Å². The zero-order valence-corrected chi connectivity index (χ0v) is 11.6. The molecule has 0 spiro atoms. The van der Waals surface area contributed by atoms with E-state index in [2.05, 4.69) is 10.3 Å². The highest BCUT2D eigenvalue weighted by Gasteiger charge is 2.17. The first-order chi connectivity index (χ1) is 8.52. The van der Waals surface area contributed by atoms with E-state index < -0.39 is 0 Å². The molecule has 0 radical (unpaired) electrons. The van der Waals surface area contributed by atoms with Gasteiger partial charge in [0.15, 0.2) is 0 Å². The van der Waals surface area contributed by atoms with E-state index in [-0.39, 0.29) is 11.9 Å². The summed E-state index contributed by atoms with van der Waals surface area (Å²) in [7, 11) is 0. The fraction of sp³-hybridized carbons (Fsp3) is 0.357. The number of hydrogen-bond acceptors (Lipinski definition) is 1. The van der Waals surface area contributed by atoms with E-state index in [1.54, 1.807) is 0 Å². The molecule has 2 rings (SSSR count). The van der Waals surface area contributed by atoms with Gasteiger partial charge in [0.05, 0.1) is 5.56 Å². The van der Waals surface area contributed by atoms with Crippen LogP contribution in [-0.4, -0.2) is 16.9 Å². The third kappa shape index (κ3) is 2.36. The third-order valence-corrected chi connectivity index (χ3v) is 3.40. The summed E-state index contributed by atoms with van der Waals surface area (Å²) in [4.78, 5) is 15.5. The van der Waals surface area contributed by atoms with Crippen molar-refractivity contribution >= 4 is 28.4 Å². The predicted octanol–water partition coefficient (Wildman–Crippen LogP) is 3.66. The molecular weight excluding hydrogens is 248 g/mol. The van der Waals surface area contributed by atoms with Crippen molar-refractivity contribution in [2.45, 2.75) is 33.2 Å². The molecule has 18 heavy (non-hydrogen) atoms. The molecule has 96 valence electrons. The van der Waals surface area contributed by atoms with E-state index in [4.69, 9.17) is 11.6 Å². The number of aromatic nitrogens is 1. The monoisotopic (exact) mass is 264 g/mol. The van der Waals surface area contributed by atoms with Crippen LogP contribution in [-0.2, 0) is 0 Å². The minimum Gasteiger partial charge on any atom is -0.358 e. The number of amides is 1. The Bertz CT molecular complexity index is 589. The van der Waals surface area contributed by atoms with Crippen LogP contribution in [0.5, 0.6) is 0 Å². The van der Waals surface area contributed by atoms with Crippen molar-refractivity contribution < 1.29 is 4.79 Å². The van der Waals surface area contributed by atoms with Gasteiger partial charge in [-0.25, -0.2) is 0 Å². The molecule has 0 fully saturated rings. The van der Waals surface area contributed by atoms with E-state index in [1.807, 2.05) is 39.0 Å². The van der Waals surface area contributed by atoms with Crippen LogP contribution in [0.2, 0.25) is 5.02 Å². The zero-order chi connectivity index (χ0) is 13.3. The topological polar surface area (TPSA) is 44.9 Å². The normalized spacial score (nSPS) is 12.7. The van der Waals surface area contributed by atoms with Crippen LogP contribution in [0, 0.1) is 6.92 Å². The number of aromatic amines is 1. The molecule has 1 atom stereocenters. The van der Waals surface area contributed by atoms with Crippen molar-refractivity contribution in [3.05, 3.63) is 34.5 Å². The van der Waals surface area contributed by atoms with Crippen LogP contribution in [0.4, 0.5) is 0 Å². The summed E-state index contributed by atoms with van der Waals surface area (Å²) < 4.78 is 0. The second-order valence-corrected chi connectivity index (χ2v) is 5.03. The van der Waals surface area contributed by atoms with E-state index >= 15 is 0 Å². The Hall–Kier alpha value is -1.48. The van der Waals surface area contributed by atoms with E-state index in [1.165, 1.54) is 0 Å². The Morgan fingerprint density at radius 2 is 2.22 bits per heavy atom. The number of aryl methyl sites for hydroxylation is 1.